The molecule has 40 heavy (non-hydrogen) atoms. The molecule has 1 atom stereocenters. The lowest BCUT2D eigenvalue weighted by Gasteiger charge is -2.36. The lowest BCUT2D eigenvalue weighted by molar-refractivity contribution is -0.184. The van der Waals surface area contributed by atoms with E-state index in [9.17, 15) is 31.1 Å². The molecule has 1 aromatic carbocycles. The van der Waals surface area contributed by atoms with Crippen molar-refractivity contribution in [3.63, 3.8) is 0 Å². The Hall–Kier alpha value is -2.57. The van der Waals surface area contributed by atoms with E-state index in [4.69, 9.17) is 34.8 Å². The number of guanidine groups is 1. The van der Waals surface area contributed by atoms with Crippen molar-refractivity contribution < 1.29 is 31.1 Å². The van der Waals surface area contributed by atoms with Crippen LogP contribution >= 0.6 is 34.8 Å². The number of piperidine rings is 1. The molecule has 15 heteroatoms. The van der Waals surface area contributed by atoms with Crippen LogP contribution < -0.4 is 10.6 Å². The minimum atomic E-state index is -4.64. The van der Waals surface area contributed by atoms with E-state index in [1.807, 2.05) is 0 Å². The van der Waals surface area contributed by atoms with Gasteiger partial charge in [-0.1, -0.05) is 47.4 Å². The monoisotopic (exact) mass is 631 g/mol. The summed E-state index contributed by atoms with van der Waals surface area (Å²) in [5.74, 6) is -2.35. The van der Waals surface area contributed by atoms with Gasteiger partial charge < -0.3 is 20.4 Å². The van der Waals surface area contributed by atoms with Gasteiger partial charge in [-0.2, -0.15) is 26.3 Å². The minimum Gasteiger partial charge on any atom is -0.370 e. The van der Waals surface area contributed by atoms with Crippen LogP contribution in [0.1, 0.15) is 24.8 Å². The number of aliphatic imine (C=N–C) groups is 1. The van der Waals surface area contributed by atoms with E-state index in [-0.39, 0.29) is 40.3 Å². The zero-order valence-corrected chi connectivity index (χ0v) is 23.5. The lowest BCUT2D eigenvalue weighted by Crippen LogP contribution is -2.41. The molecule has 2 fully saturated rings. The number of hydrogen-bond acceptors (Lipinski definition) is 3. The van der Waals surface area contributed by atoms with Crippen molar-refractivity contribution in [2.45, 2.75) is 38.2 Å². The van der Waals surface area contributed by atoms with Crippen LogP contribution in [0.4, 0.5) is 32.0 Å². The first kappa shape index (κ1) is 32.0. The van der Waals surface area contributed by atoms with Gasteiger partial charge in [0.25, 0.3) is 0 Å². The van der Waals surface area contributed by atoms with Gasteiger partial charge in [0.2, 0.25) is 11.9 Å². The number of carbonyl (C=O) groups is 1. The van der Waals surface area contributed by atoms with Gasteiger partial charge in [0.05, 0.1) is 33.2 Å². The number of carbonyl (C=O) groups excluding carboxylic acids is 1. The second-order valence-electron chi connectivity index (χ2n) is 9.29. The Morgan fingerprint density at radius 1 is 1.25 bits per heavy atom. The number of nitrogens with zero attached hydrogens (tertiary/aromatic N) is 3. The maximum absolute atomic E-state index is 13.3. The largest absolute Gasteiger partial charge is 0.397 e. The summed E-state index contributed by atoms with van der Waals surface area (Å²) in [4.78, 5) is 19.3. The third-order valence-electron chi connectivity index (χ3n) is 6.21. The summed E-state index contributed by atoms with van der Waals surface area (Å²) < 4.78 is 77.1. The highest BCUT2D eigenvalue weighted by atomic mass is 35.5. The quantitative estimate of drug-likeness (QED) is 0.254. The Balaban J connectivity index is 1.79. The zero-order valence-electron chi connectivity index (χ0n) is 21.2. The van der Waals surface area contributed by atoms with Gasteiger partial charge in [-0.25, -0.2) is 4.99 Å². The Morgan fingerprint density at radius 2 is 1.95 bits per heavy atom. The zero-order chi connectivity index (χ0) is 29.8. The van der Waals surface area contributed by atoms with Crippen LogP contribution in [0, 0.1) is 5.92 Å². The van der Waals surface area contributed by atoms with Crippen molar-refractivity contribution in [1.82, 2.24) is 20.4 Å². The highest BCUT2D eigenvalue weighted by Crippen LogP contribution is 2.37. The molecular formula is C25H26Cl3F6N5O. The molecule has 0 saturated carbocycles. The van der Waals surface area contributed by atoms with E-state index in [1.54, 1.807) is 22.9 Å². The Bertz CT molecular complexity index is 1230. The molecule has 0 spiro atoms. The Kier molecular flexibility index (Phi) is 10.3. The average molecular weight is 633 g/mol. The summed E-state index contributed by atoms with van der Waals surface area (Å²) in [5.41, 5.74) is 1.39. The van der Waals surface area contributed by atoms with E-state index >= 15 is 0 Å². The van der Waals surface area contributed by atoms with Crippen LogP contribution in [0.15, 0.2) is 52.3 Å². The molecule has 220 valence electrons. The highest BCUT2D eigenvalue weighted by molar-refractivity contribution is 6.39. The second kappa shape index (κ2) is 12.9. The maximum atomic E-state index is 13.3. The van der Waals surface area contributed by atoms with Crippen molar-refractivity contribution in [3.05, 3.63) is 62.9 Å². The van der Waals surface area contributed by atoms with Gasteiger partial charge in [-0.3, -0.25) is 4.79 Å². The number of amides is 1. The van der Waals surface area contributed by atoms with Crippen LogP contribution in [0.2, 0.25) is 10.0 Å². The number of allylic oxidation sites excluding steroid dienone is 3. The van der Waals surface area contributed by atoms with E-state index < -0.39 is 30.6 Å². The molecule has 0 bridgehead atoms. The molecule has 1 aromatic rings. The van der Waals surface area contributed by atoms with Crippen molar-refractivity contribution >= 4 is 52.4 Å². The summed E-state index contributed by atoms with van der Waals surface area (Å²) in [7, 11) is 1.71. The summed E-state index contributed by atoms with van der Waals surface area (Å²) in [6.07, 6.45) is -7.14. The molecule has 6 nitrogen and oxygen atoms in total. The molecule has 1 amide bonds. The Labute approximate surface area is 242 Å². The van der Waals surface area contributed by atoms with Crippen LogP contribution in [0.3, 0.4) is 0 Å². The average Bonchev–Trinajstić information content (AvgIpc) is 3.18. The number of benzene rings is 1. The molecule has 0 aliphatic carbocycles. The fraction of sp³-hybridized carbons (Fsp3) is 0.440. The molecule has 2 N–H and O–H groups in total. The lowest BCUT2D eigenvalue weighted by atomic mass is 9.97. The van der Waals surface area contributed by atoms with Gasteiger partial charge in [0, 0.05) is 32.4 Å². The van der Waals surface area contributed by atoms with Crippen molar-refractivity contribution in [2.24, 2.45) is 10.9 Å². The number of nitrogens with one attached hydrogen (secondary N) is 2. The molecule has 1 unspecified atom stereocenters. The molecule has 2 aliphatic rings. The van der Waals surface area contributed by atoms with Crippen LogP contribution in [0.25, 0.3) is 0 Å². The predicted molar refractivity (Wildman–Crippen MR) is 143 cm³/mol. The maximum Gasteiger partial charge on any atom is 0.397 e. The number of rotatable bonds is 7. The molecule has 0 aromatic heterocycles. The molecule has 2 aliphatic heterocycles. The first-order valence-corrected chi connectivity index (χ1v) is 13.1. The summed E-state index contributed by atoms with van der Waals surface area (Å²) in [5, 5.41) is 5.62. The first-order chi connectivity index (χ1) is 18.6. The molecule has 3 rings (SSSR count). The van der Waals surface area contributed by atoms with Gasteiger partial charge in [0.1, 0.15) is 12.1 Å². The molecule has 0 radical (unpaired) electrons. The third-order valence-corrected chi connectivity index (χ3v) is 7.24. The van der Waals surface area contributed by atoms with E-state index in [1.165, 1.54) is 18.2 Å². The standard InChI is InChI=1S/C25H26Cl3F6N5O/c1-3-19(39-8-4-5-15(12-39)25(32,33)34)18(27)9-16-13-38(2)23(36-16)37-22-17(26)7-6-14(21(22)28)11-35-20(40)10-24(29,30)31/h3,6-7,9,15H,1,4-5,8,10-13H2,2H3,(H,35,40)(H,36,37)/b16-9+,19-18-. The molecule has 2 saturated heterocycles. The topological polar surface area (TPSA) is 60.0 Å². The summed E-state index contributed by atoms with van der Waals surface area (Å²) in [6, 6.07) is 2.91. The Morgan fingerprint density at radius 3 is 2.58 bits per heavy atom. The first-order valence-electron chi connectivity index (χ1n) is 12.0. The van der Waals surface area contributed by atoms with E-state index in [2.05, 4.69) is 22.2 Å². The van der Waals surface area contributed by atoms with Gasteiger partial charge in [-0.05, 0) is 36.6 Å². The van der Waals surface area contributed by atoms with E-state index in [0.717, 1.165) is 0 Å². The normalized spacial score (nSPS) is 21.0. The van der Waals surface area contributed by atoms with Crippen molar-refractivity contribution in [1.29, 1.82) is 0 Å². The number of alkyl halides is 6. The summed E-state index contributed by atoms with van der Waals surface area (Å²) >= 11 is 19.2. The summed E-state index contributed by atoms with van der Waals surface area (Å²) in [6.45, 7) is 3.96. The predicted octanol–water partition coefficient (Wildman–Crippen LogP) is 6.88. The highest BCUT2D eigenvalue weighted by Gasteiger charge is 2.42. The minimum absolute atomic E-state index is 0.0381. The third kappa shape index (κ3) is 8.47. The van der Waals surface area contributed by atoms with E-state index in [0.29, 0.717) is 42.4 Å². The van der Waals surface area contributed by atoms with Gasteiger partial charge in [-0.15, -0.1) is 0 Å². The van der Waals surface area contributed by atoms with Crippen LogP contribution in [0.5, 0.6) is 0 Å². The van der Waals surface area contributed by atoms with Crippen LogP contribution in [-0.2, 0) is 11.3 Å². The fourth-order valence-electron chi connectivity index (χ4n) is 4.24. The smallest absolute Gasteiger partial charge is 0.370 e. The number of halogens is 9. The molecular weight excluding hydrogens is 607 g/mol. The number of likely N-dealkylation sites (tertiary alicyclic amines) is 1. The number of hydrogen-bond donors (Lipinski definition) is 2. The van der Waals surface area contributed by atoms with Crippen molar-refractivity contribution in [3.8, 4) is 0 Å². The van der Waals surface area contributed by atoms with Gasteiger partial charge in [0.15, 0.2) is 0 Å². The molecule has 2 heterocycles. The SMILES string of the molecule is C=C/C(=C(Cl)\C=C1/CN(C)C(=Nc2c(Cl)ccc(CNC(=O)CC(F)(F)F)c2Cl)N1)N1CCCC(C(F)(F)F)C1. The van der Waals surface area contributed by atoms with Gasteiger partial charge >= 0.3 is 12.4 Å². The second-order valence-corrected chi connectivity index (χ2v) is 10.5. The van der Waals surface area contributed by atoms with Crippen molar-refractivity contribution in [2.75, 3.05) is 26.7 Å². The van der Waals surface area contributed by atoms with Crippen LogP contribution in [-0.4, -0.2) is 60.7 Å². The fourth-order valence-corrected chi connectivity index (χ4v) is 5.09. The number of likely N-dealkylation sites (N-methyl/N-ethyl adjacent to an activating group) is 1.